The Morgan fingerprint density at radius 2 is 1.67 bits per heavy atom. The van der Waals surface area contributed by atoms with E-state index in [2.05, 4.69) is 0 Å². The van der Waals surface area contributed by atoms with E-state index in [1.54, 1.807) is 24.3 Å². The van der Waals surface area contributed by atoms with Crippen LogP contribution in [0.3, 0.4) is 0 Å². The topological polar surface area (TPSA) is 120 Å². The Bertz CT molecular complexity index is 611. The minimum atomic E-state index is -1.41. The zero-order valence-corrected chi connectivity index (χ0v) is 18.8. The van der Waals surface area contributed by atoms with Crippen LogP contribution in [0, 0.1) is 0 Å². The molecular weight excluding hydrogens is 407 g/mol. The lowest BCUT2D eigenvalue weighted by Crippen LogP contribution is -2.58. The van der Waals surface area contributed by atoms with E-state index in [0.29, 0.717) is 24.3 Å². The van der Waals surface area contributed by atoms with Crippen molar-refractivity contribution in [1.29, 1.82) is 0 Å². The van der Waals surface area contributed by atoms with Crippen LogP contribution < -0.4 is 0 Å². The maximum atomic E-state index is 10.4. The minimum Gasteiger partial charge on any atom is -0.508 e. The maximum Gasteiger partial charge on any atom is 0.186 e. The van der Waals surface area contributed by atoms with Crippen molar-refractivity contribution in [2.75, 3.05) is 6.16 Å². The zero-order valence-electron chi connectivity index (χ0n) is 17.9. The van der Waals surface area contributed by atoms with Gasteiger partial charge in [-0.3, -0.25) is 0 Å². The molecule has 0 aromatic heterocycles. The lowest BCUT2D eigenvalue weighted by atomic mass is 9.96. The van der Waals surface area contributed by atoms with Crippen molar-refractivity contribution in [2.24, 2.45) is 0 Å². The maximum absolute atomic E-state index is 10.4. The van der Waals surface area contributed by atoms with Crippen molar-refractivity contribution in [3.63, 3.8) is 0 Å². The molecule has 1 aromatic rings. The molecule has 4 unspecified atom stereocenters. The van der Waals surface area contributed by atoms with Crippen LogP contribution >= 0.6 is 8.15 Å². The van der Waals surface area contributed by atoms with Crippen molar-refractivity contribution in [1.82, 2.24) is 0 Å². The van der Waals surface area contributed by atoms with Crippen molar-refractivity contribution in [3.8, 4) is 5.75 Å². The molecule has 2 fully saturated rings. The largest absolute Gasteiger partial charge is 0.508 e. The number of para-hydroxylation sites is 1. The Morgan fingerprint density at radius 3 is 2.33 bits per heavy atom. The predicted octanol–water partition coefficient (Wildman–Crippen LogP) is 2.85. The lowest BCUT2D eigenvalue weighted by Gasteiger charge is -2.42. The molecule has 5 N–H and O–H groups in total. The lowest BCUT2D eigenvalue weighted by molar-refractivity contribution is -0.309. The molecule has 0 bridgehead atoms. The number of aliphatic hydroxyl groups is 3. The van der Waals surface area contributed by atoms with Gasteiger partial charge in [0, 0.05) is 19.9 Å². The van der Waals surface area contributed by atoms with Gasteiger partial charge in [0.25, 0.3) is 0 Å². The van der Waals surface area contributed by atoms with Crippen LogP contribution in [0.15, 0.2) is 24.3 Å². The summed E-state index contributed by atoms with van der Waals surface area (Å²) in [5.41, 5.74) is 0.676. The van der Waals surface area contributed by atoms with E-state index in [0.717, 1.165) is 25.7 Å². The molecule has 0 spiro atoms. The molecule has 0 amide bonds. The van der Waals surface area contributed by atoms with Crippen LogP contribution in [0.2, 0.25) is 0 Å². The normalized spacial score (nSPS) is 30.9. The summed E-state index contributed by atoms with van der Waals surface area (Å²) in [6, 6.07) is 6.87. The number of hydrogen-bond acceptors (Lipinski definition) is 7. The number of benzene rings is 1. The van der Waals surface area contributed by atoms with Gasteiger partial charge in [-0.15, -0.1) is 0 Å². The van der Waals surface area contributed by atoms with Crippen LogP contribution in [-0.2, 0) is 15.6 Å². The number of ether oxygens (including phenoxy) is 2. The zero-order chi connectivity index (χ0) is 22.1. The molecular formula is C22H37O7P. The number of phenols is 1. The van der Waals surface area contributed by atoms with Crippen LogP contribution in [0.5, 0.6) is 5.75 Å². The average Bonchev–Trinajstić information content (AvgIpc) is 2.77. The van der Waals surface area contributed by atoms with Crippen molar-refractivity contribution < 1.29 is 34.8 Å². The third-order valence-corrected chi connectivity index (χ3v) is 7.04. The first-order chi connectivity index (χ1) is 14.5. The molecule has 8 heteroatoms. The van der Waals surface area contributed by atoms with E-state index in [4.69, 9.17) is 9.47 Å². The number of aromatic hydroxyl groups is 1. The van der Waals surface area contributed by atoms with Crippen molar-refractivity contribution >= 4 is 8.15 Å². The molecule has 1 heterocycles. The average molecular weight is 445 g/mol. The third kappa shape index (κ3) is 7.13. The molecule has 0 radical (unpaired) electrons. The first kappa shape index (κ1) is 25.5. The van der Waals surface area contributed by atoms with Gasteiger partial charge < -0.3 is 34.8 Å². The fourth-order valence-corrected chi connectivity index (χ4v) is 5.23. The van der Waals surface area contributed by atoms with Gasteiger partial charge in [-0.1, -0.05) is 51.3 Å². The van der Waals surface area contributed by atoms with Gasteiger partial charge in [-0.25, -0.2) is 0 Å². The van der Waals surface area contributed by atoms with Gasteiger partial charge in [-0.2, -0.15) is 0 Å². The molecule has 1 saturated carbocycles. The fourth-order valence-electron chi connectivity index (χ4n) is 3.85. The number of rotatable bonds is 7. The number of phenolic OH excluding ortho intramolecular Hbond substituents is 1. The smallest absolute Gasteiger partial charge is 0.186 e. The Labute approximate surface area is 180 Å². The second-order valence-electron chi connectivity index (χ2n) is 7.72. The van der Waals surface area contributed by atoms with Crippen LogP contribution in [0.4, 0.5) is 0 Å². The predicted molar refractivity (Wildman–Crippen MR) is 116 cm³/mol. The summed E-state index contributed by atoms with van der Waals surface area (Å²) in [6.45, 7) is 4.00. The Morgan fingerprint density at radius 1 is 1.00 bits per heavy atom. The van der Waals surface area contributed by atoms with E-state index in [1.165, 1.54) is 6.42 Å². The molecule has 30 heavy (non-hydrogen) atoms. The first-order valence-electron chi connectivity index (χ1n) is 11.0. The molecule has 6 atom stereocenters. The SMILES string of the molecule is CC.Oc1ccccc1CP(O)CCC1O[C@H](OC2CCCCC2)C(O)C(O)[C@@H]1O. The Kier molecular flexibility index (Phi) is 11.0. The van der Waals surface area contributed by atoms with Crippen molar-refractivity contribution in [3.05, 3.63) is 29.8 Å². The molecule has 1 aliphatic heterocycles. The highest BCUT2D eigenvalue weighted by Crippen LogP contribution is 2.39. The third-order valence-electron chi connectivity index (χ3n) is 5.56. The molecule has 172 valence electrons. The van der Waals surface area contributed by atoms with E-state index in [-0.39, 0.29) is 11.9 Å². The van der Waals surface area contributed by atoms with E-state index < -0.39 is 38.9 Å². The van der Waals surface area contributed by atoms with E-state index in [9.17, 15) is 25.3 Å². The number of hydrogen-bond donors (Lipinski definition) is 5. The fraction of sp³-hybridized carbons (Fsp3) is 0.727. The van der Waals surface area contributed by atoms with Gasteiger partial charge in [0.15, 0.2) is 6.29 Å². The summed E-state index contributed by atoms with van der Waals surface area (Å²) in [6.07, 6.45) is 0.567. The van der Waals surface area contributed by atoms with Gasteiger partial charge >= 0.3 is 0 Å². The Balaban J connectivity index is 0.00000155. The van der Waals surface area contributed by atoms with Gasteiger partial charge in [-0.05, 0) is 31.5 Å². The van der Waals surface area contributed by atoms with Crippen molar-refractivity contribution in [2.45, 2.75) is 95.3 Å². The molecule has 2 aliphatic rings. The van der Waals surface area contributed by atoms with Gasteiger partial charge in [0.1, 0.15) is 24.1 Å². The summed E-state index contributed by atoms with van der Waals surface area (Å²) >= 11 is 0. The molecule has 1 saturated heterocycles. The van der Waals surface area contributed by atoms with Crippen LogP contribution in [0.25, 0.3) is 0 Å². The van der Waals surface area contributed by atoms with E-state index >= 15 is 0 Å². The molecule has 3 rings (SSSR count). The quantitative estimate of drug-likeness (QED) is 0.410. The summed E-state index contributed by atoms with van der Waals surface area (Å²) < 4.78 is 11.7. The summed E-state index contributed by atoms with van der Waals surface area (Å²) in [4.78, 5) is 10.4. The highest BCUT2D eigenvalue weighted by atomic mass is 31.1. The summed E-state index contributed by atoms with van der Waals surface area (Å²) in [7, 11) is -1.41. The minimum absolute atomic E-state index is 0.00693. The highest BCUT2D eigenvalue weighted by molar-refractivity contribution is 7.50. The number of aliphatic hydroxyl groups excluding tert-OH is 3. The van der Waals surface area contributed by atoms with Crippen LogP contribution in [-0.4, -0.2) is 68.3 Å². The van der Waals surface area contributed by atoms with Crippen LogP contribution in [0.1, 0.15) is 57.9 Å². The first-order valence-corrected chi connectivity index (χ1v) is 12.7. The summed E-state index contributed by atoms with van der Waals surface area (Å²) in [5, 5.41) is 40.5. The van der Waals surface area contributed by atoms with Gasteiger partial charge in [0.2, 0.25) is 0 Å². The standard InChI is InChI=1S/C20H31O7P.C2H6/c21-15-9-5-4-6-13(15)12-28(25)11-10-16-17(22)18(23)19(24)20(27-16)26-14-7-2-1-3-8-14;1-2/h4-6,9,14,16-25H,1-3,7-8,10-12H2;1-2H3/t16?,17-,18?,19?,20+,28?;/m1./s1. The summed E-state index contributed by atoms with van der Waals surface area (Å²) in [5.74, 6) is 0.150. The molecule has 1 aliphatic carbocycles. The molecule has 7 nitrogen and oxygen atoms in total. The highest BCUT2D eigenvalue weighted by Gasteiger charge is 2.45. The Hall–Kier alpha value is -0.790. The molecule has 1 aromatic carbocycles. The van der Waals surface area contributed by atoms with Gasteiger partial charge in [0.05, 0.1) is 12.2 Å². The monoisotopic (exact) mass is 444 g/mol. The second kappa shape index (κ2) is 12.9. The van der Waals surface area contributed by atoms with E-state index in [1.807, 2.05) is 13.8 Å². The second-order valence-corrected chi connectivity index (χ2v) is 9.49.